The number of hydrogen-bond acceptors (Lipinski definition) is 1. The standard InChI is InChI=1S/C21H19ClFN/c22-21-13-20(23)12-11-19(21)16-24(14-17-7-3-1-4-8-17)15-18-9-5-2-6-10-18/h1-13H,14-16H2. The summed E-state index contributed by atoms with van der Waals surface area (Å²) < 4.78 is 13.3. The van der Waals surface area contributed by atoms with Crippen molar-refractivity contribution in [3.8, 4) is 0 Å². The van der Waals surface area contributed by atoms with E-state index >= 15 is 0 Å². The summed E-state index contributed by atoms with van der Waals surface area (Å²) in [4.78, 5) is 2.31. The van der Waals surface area contributed by atoms with Gasteiger partial charge in [-0.05, 0) is 28.8 Å². The Bertz CT molecular complexity index is 733. The highest BCUT2D eigenvalue weighted by molar-refractivity contribution is 6.31. The Morgan fingerprint density at radius 2 is 1.25 bits per heavy atom. The van der Waals surface area contributed by atoms with Gasteiger partial charge >= 0.3 is 0 Å². The lowest BCUT2D eigenvalue weighted by atomic mass is 10.1. The smallest absolute Gasteiger partial charge is 0.124 e. The van der Waals surface area contributed by atoms with Gasteiger partial charge in [-0.2, -0.15) is 0 Å². The summed E-state index contributed by atoms with van der Waals surface area (Å²) in [7, 11) is 0. The Labute approximate surface area is 147 Å². The minimum atomic E-state index is -0.304. The van der Waals surface area contributed by atoms with E-state index in [0.29, 0.717) is 11.6 Å². The first-order valence-electron chi connectivity index (χ1n) is 7.95. The molecule has 0 heterocycles. The topological polar surface area (TPSA) is 3.24 Å². The minimum Gasteiger partial charge on any atom is -0.291 e. The summed E-state index contributed by atoms with van der Waals surface area (Å²) in [5.41, 5.74) is 3.42. The van der Waals surface area contributed by atoms with Crippen LogP contribution in [0, 0.1) is 5.82 Å². The van der Waals surface area contributed by atoms with Crippen LogP contribution < -0.4 is 0 Å². The summed E-state index contributed by atoms with van der Waals surface area (Å²) in [6.07, 6.45) is 0. The molecule has 0 aliphatic rings. The molecule has 0 fully saturated rings. The zero-order chi connectivity index (χ0) is 16.8. The molecule has 0 radical (unpaired) electrons. The Morgan fingerprint density at radius 1 is 0.708 bits per heavy atom. The molecule has 3 heteroatoms. The molecular weight excluding hydrogens is 321 g/mol. The minimum absolute atomic E-state index is 0.304. The second kappa shape index (κ2) is 8.09. The van der Waals surface area contributed by atoms with Crippen molar-refractivity contribution in [2.45, 2.75) is 19.6 Å². The van der Waals surface area contributed by atoms with Crippen LogP contribution in [0.1, 0.15) is 16.7 Å². The van der Waals surface area contributed by atoms with Crippen LogP contribution in [0.4, 0.5) is 4.39 Å². The highest BCUT2D eigenvalue weighted by Crippen LogP contribution is 2.21. The first-order valence-corrected chi connectivity index (χ1v) is 8.32. The van der Waals surface area contributed by atoms with Gasteiger partial charge in [-0.25, -0.2) is 4.39 Å². The fourth-order valence-electron chi connectivity index (χ4n) is 2.74. The highest BCUT2D eigenvalue weighted by Gasteiger charge is 2.11. The van der Waals surface area contributed by atoms with Gasteiger partial charge in [0.1, 0.15) is 5.82 Å². The molecule has 0 amide bonds. The van der Waals surface area contributed by atoms with Crippen LogP contribution in [0.2, 0.25) is 5.02 Å². The Balaban J connectivity index is 1.80. The van der Waals surface area contributed by atoms with Gasteiger partial charge < -0.3 is 0 Å². The van der Waals surface area contributed by atoms with E-state index in [-0.39, 0.29) is 5.82 Å². The number of hydrogen-bond donors (Lipinski definition) is 0. The van der Waals surface area contributed by atoms with Crippen LogP contribution >= 0.6 is 11.6 Å². The van der Waals surface area contributed by atoms with Gasteiger partial charge in [0.05, 0.1) is 0 Å². The van der Waals surface area contributed by atoms with Crippen LogP contribution in [0.25, 0.3) is 0 Å². The molecule has 0 aliphatic heterocycles. The summed E-state index contributed by atoms with van der Waals surface area (Å²) in [5, 5.41) is 0.473. The monoisotopic (exact) mass is 339 g/mol. The summed E-state index contributed by atoms with van der Waals surface area (Å²) in [6, 6.07) is 25.3. The van der Waals surface area contributed by atoms with E-state index in [0.717, 1.165) is 18.7 Å². The van der Waals surface area contributed by atoms with Crippen molar-refractivity contribution < 1.29 is 4.39 Å². The molecular formula is C21H19ClFN. The SMILES string of the molecule is Fc1ccc(CN(Cc2ccccc2)Cc2ccccc2)c(Cl)c1. The van der Waals surface area contributed by atoms with Crippen molar-refractivity contribution in [1.29, 1.82) is 0 Å². The second-order valence-electron chi connectivity index (χ2n) is 5.85. The van der Waals surface area contributed by atoms with Gasteiger partial charge in [-0.1, -0.05) is 78.3 Å². The number of halogens is 2. The van der Waals surface area contributed by atoms with Crippen molar-refractivity contribution >= 4 is 11.6 Å². The summed E-state index contributed by atoms with van der Waals surface area (Å²) in [6.45, 7) is 2.29. The van der Waals surface area contributed by atoms with Gasteiger partial charge in [0.15, 0.2) is 0 Å². The maximum atomic E-state index is 13.3. The molecule has 3 aromatic carbocycles. The third-order valence-corrected chi connectivity index (χ3v) is 4.26. The van der Waals surface area contributed by atoms with E-state index in [2.05, 4.69) is 29.2 Å². The fraction of sp³-hybridized carbons (Fsp3) is 0.143. The van der Waals surface area contributed by atoms with Crippen LogP contribution in [0.15, 0.2) is 78.9 Å². The zero-order valence-corrected chi connectivity index (χ0v) is 14.1. The molecule has 3 aromatic rings. The molecule has 0 bridgehead atoms. The molecule has 0 spiro atoms. The molecule has 122 valence electrons. The lowest BCUT2D eigenvalue weighted by Gasteiger charge is -2.23. The first kappa shape index (κ1) is 16.7. The Morgan fingerprint density at radius 3 is 1.75 bits per heavy atom. The molecule has 0 N–H and O–H groups in total. The molecule has 3 rings (SSSR count). The quantitative estimate of drug-likeness (QED) is 0.558. The molecule has 0 atom stereocenters. The van der Waals surface area contributed by atoms with E-state index in [1.165, 1.54) is 23.3 Å². The van der Waals surface area contributed by atoms with Crippen LogP contribution in [-0.2, 0) is 19.6 Å². The third kappa shape index (κ3) is 4.67. The maximum Gasteiger partial charge on any atom is 0.124 e. The summed E-state index contributed by atoms with van der Waals surface area (Å²) in [5.74, 6) is -0.304. The molecule has 24 heavy (non-hydrogen) atoms. The van der Waals surface area contributed by atoms with Crippen molar-refractivity contribution in [1.82, 2.24) is 4.90 Å². The van der Waals surface area contributed by atoms with E-state index in [1.807, 2.05) is 36.4 Å². The molecule has 1 nitrogen and oxygen atoms in total. The van der Waals surface area contributed by atoms with Gasteiger partial charge in [-0.15, -0.1) is 0 Å². The molecule has 0 aliphatic carbocycles. The normalized spacial score (nSPS) is 11.0. The van der Waals surface area contributed by atoms with Crippen molar-refractivity contribution in [2.24, 2.45) is 0 Å². The van der Waals surface area contributed by atoms with E-state index in [1.54, 1.807) is 6.07 Å². The van der Waals surface area contributed by atoms with Gasteiger partial charge in [0, 0.05) is 24.7 Å². The van der Waals surface area contributed by atoms with Crippen LogP contribution in [-0.4, -0.2) is 4.90 Å². The van der Waals surface area contributed by atoms with Crippen molar-refractivity contribution in [2.75, 3.05) is 0 Å². The average Bonchev–Trinajstić information content (AvgIpc) is 2.59. The number of rotatable bonds is 6. The molecule has 0 saturated carbocycles. The third-order valence-electron chi connectivity index (χ3n) is 3.91. The van der Waals surface area contributed by atoms with Crippen LogP contribution in [0.3, 0.4) is 0 Å². The number of benzene rings is 3. The van der Waals surface area contributed by atoms with Crippen molar-refractivity contribution in [3.05, 3.63) is 106 Å². The van der Waals surface area contributed by atoms with Gasteiger partial charge in [0.25, 0.3) is 0 Å². The van der Waals surface area contributed by atoms with Crippen molar-refractivity contribution in [3.63, 3.8) is 0 Å². The van der Waals surface area contributed by atoms with E-state index in [4.69, 9.17) is 11.6 Å². The first-order chi connectivity index (χ1) is 11.7. The van der Waals surface area contributed by atoms with Gasteiger partial charge in [-0.3, -0.25) is 4.90 Å². The second-order valence-corrected chi connectivity index (χ2v) is 6.26. The summed E-state index contributed by atoms with van der Waals surface area (Å²) >= 11 is 6.21. The lowest BCUT2D eigenvalue weighted by molar-refractivity contribution is 0.247. The molecule has 0 saturated heterocycles. The Hall–Kier alpha value is -2.16. The van der Waals surface area contributed by atoms with Gasteiger partial charge in [0.2, 0.25) is 0 Å². The highest BCUT2D eigenvalue weighted by atomic mass is 35.5. The van der Waals surface area contributed by atoms with Crippen LogP contribution in [0.5, 0.6) is 0 Å². The lowest BCUT2D eigenvalue weighted by Crippen LogP contribution is -2.22. The largest absolute Gasteiger partial charge is 0.291 e. The van der Waals surface area contributed by atoms with E-state index < -0.39 is 0 Å². The average molecular weight is 340 g/mol. The fourth-order valence-corrected chi connectivity index (χ4v) is 2.97. The maximum absolute atomic E-state index is 13.3. The molecule has 0 aromatic heterocycles. The Kier molecular flexibility index (Phi) is 5.63. The van der Waals surface area contributed by atoms with E-state index in [9.17, 15) is 4.39 Å². The molecule has 0 unspecified atom stereocenters. The predicted molar refractivity (Wildman–Crippen MR) is 97.2 cm³/mol. The number of nitrogens with zero attached hydrogens (tertiary/aromatic N) is 1. The zero-order valence-electron chi connectivity index (χ0n) is 13.3. The predicted octanol–water partition coefficient (Wildman–Crippen LogP) is 5.68.